The lowest BCUT2D eigenvalue weighted by Gasteiger charge is -2.54. The van der Waals surface area contributed by atoms with Crippen LogP contribution in [-0.4, -0.2) is 75.3 Å². The minimum absolute atomic E-state index is 0.0242. The van der Waals surface area contributed by atoms with Crippen LogP contribution in [0.2, 0.25) is 0 Å². The molecule has 0 radical (unpaired) electrons. The first-order valence-electron chi connectivity index (χ1n) is 11.8. The first kappa shape index (κ1) is 25.0. The van der Waals surface area contributed by atoms with Crippen molar-refractivity contribution in [2.24, 2.45) is 29.4 Å². The number of nitrogens with zero attached hydrogens (tertiary/aromatic N) is 1. The van der Waals surface area contributed by atoms with Crippen molar-refractivity contribution < 1.29 is 34.5 Å². The number of aliphatic hydroxyl groups excluding tert-OH is 1. The number of benzene rings is 1. The summed E-state index contributed by atoms with van der Waals surface area (Å²) in [6.45, 7) is 1.99. The van der Waals surface area contributed by atoms with Crippen LogP contribution in [0, 0.1) is 35.5 Å². The molecule has 2 saturated carbocycles. The predicted molar refractivity (Wildman–Crippen MR) is 124 cm³/mol. The van der Waals surface area contributed by atoms with Gasteiger partial charge >= 0.3 is 0 Å². The number of amides is 1. The number of hydrogen-bond donors (Lipinski definition) is 4. The summed E-state index contributed by atoms with van der Waals surface area (Å²) in [4.78, 5) is 54.2. The third-order valence-corrected chi connectivity index (χ3v) is 7.77. The van der Waals surface area contributed by atoms with E-state index < -0.39 is 64.7 Å². The second-order valence-electron chi connectivity index (χ2n) is 10.0. The zero-order valence-corrected chi connectivity index (χ0v) is 19.9. The summed E-state index contributed by atoms with van der Waals surface area (Å²) in [5, 5.41) is 33.0. The van der Waals surface area contributed by atoms with E-state index in [1.54, 1.807) is 25.1 Å². The van der Waals surface area contributed by atoms with Crippen LogP contribution in [0.4, 0.5) is 0 Å². The highest BCUT2D eigenvalue weighted by Crippen LogP contribution is 2.51. The Hall–Kier alpha value is -3.06. The monoisotopic (exact) mass is 482 g/mol. The molecule has 1 amide bonds. The lowest BCUT2D eigenvalue weighted by molar-refractivity contribution is -0.190. The molecule has 1 aromatic rings. The maximum atomic E-state index is 13.7. The average Bonchev–Trinajstić information content (AvgIpc) is 2.77. The van der Waals surface area contributed by atoms with E-state index in [-0.39, 0.29) is 24.2 Å². The molecule has 9 nitrogen and oxygen atoms in total. The number of hydrogen-bond acceptors (Lipinski definition) is 8. The van der Waals surface area contributed by atoms with Crippen molar-refractivity contribution in [2.75, 3.05) is 14.1 Å². The fraction of sp³-hybridized carbons (Fsp3) is 0.538. The number of unbranched alkanes of at least 4 members (excludes halogenated alkanes) is 1. The highest BCUT2D eigenvalue weighted by Gasteiger charge is 2.69. The molecule has 35 heavy (non-hydrogen) atoms. The van der Waals surface area contributed by atoms with Gasteiger partial charge in [-0.3, -0.25) is 19.2 Å². The van der Waals surface area contributed by atoms with Crippen molar-refractivity contribution >= 4 is 23.3 Å². The number of carbonyl (C=O) groups excluding carboxylic acids is 4. The minimum Gasteiger partial charge on any atom is -0.507 e. The molecular formula is C26H30N2O7. The summed E-state index contributed by atoms with van der Waals surface area (Å²) in [6, 6.07) is 2.06. The zero-order chi connectivity index (χ0) is 25.8. The SMILES string of the molecule is CCCC#Cc1ccc(O)c2c1C[C@@H]1C[C@@H]3[C@@H](N(C)C)C(O)C(C(N)=O)C(=O)[C@]3(O)C(=O)C1C2=O. The van der Waals surface area contributed by atoms with Crippen molar-refractivity contribution in [3.63, 3.8) is 0 Å². The van der Waals surface area contributed by atoms with Crippen LogP contribution >= 0.6 is 0 Å². The standard InChI is InChI=1S/C26H30N2O7/c1-4-5-6-7-12-8-9-16(29)18-14(12)10-13-11-15-20(28(2)3)22(31)19(25(27)34)24(33)26(15,35)23(32)17(13)21(18)30/h8-9,13,15,17,19-20,22,29,31,35H,4-5,10-11H2,1-3H3,(H2,27,34)/t13-,15-,17?,19?,20-,22?,26-/m1/s1. The van der Waals surface area contributed by atoms with Crippen molar-refractivity contribution in [1.82, 2.24) is 4.90 Å². The molecule has 0 heterocycles. The number of nitrogens with two attached hydrogens (primary N) is 1. The molecule has 9 heteroatoms. The summed E-state index contributed by atoms with van der Waals surface area (Å²) in [7, 11) is 3.22. The number of rotatable bonds is 3. The van der Waals surface area contributed by atoms with Gasteiger partial charge in [0.1, 0.15) is 11.7 Å². The molecule has 0 saturated heterocycles. The van der Waals surface area contributed by atoms with E-state index >= 15 is 0 Å². The molecule has 0 aromatic heterocycles. The quantitative estimate of drug-likeness (QED) is 0.341. The Kier molecular flexibility index (Phi) is 6.34. The molecule has 1 aromatic carbocycles. The molecule has 0 spiro atoms. The van der Waals surface area contributed by atoms with E-state index in [0.29, 0.717) is 17.5 Å². The molecule has 0 aliphatic heterocycles. The van der Waals surface area contributed by atoms with Gasteiger partial charge in [-0.2, -0.15) is 0 Å². The summed E-state index contributed by atoms with van der Waals surface area (Å²) >= 11 is 0. The van der Waals surface area contributed by atoms with Gasteiger partial charge in [0.05, 0.1) is 17.6 Å². The van der Waals surface area contributed by atoms with Gasteiger partial charge in [0.25, 0.3) is 0 Å². The van der Waals surface area contributed by atoms with Crippen LogP contribution in [0.25, 0.3) is 0 Å². The first-order chi connectivity index (χ1) is 16.5. The Balaban J connectivity index is 1.85. The van der Waals surface area contributed by atoms with Crippen LogP contribution in [0.15, 0.2) is 12.1 Å². The second-order valence-corrected chi connectivity index (χ2v) is 10.0. The van der Waals surface area contributed by atoms with Crippen LogP contribution in [0.5, 0.6) is 5.75 Å². The number of carbonyl (C=O) groups is 4. The average molecular weight is 483 g/mol. The molecule has 186 valence electrons. The maximum absolute atomic E-state index is 13.7. The number of ketones is 3. The molecule has 3 unspecified atom stereocenters. The number of fused-ring (bicyclic) bond motifs is 3. The first-order valence-corrected chi connectivity index (χ1v) is 11.8. The van der Waals surface area contributed by atoms with Gasteiger partial charge in [0.2, 0.25) is 5.91 Å². The van der Waals surface area contributed by atoms with Gasteiger partial charge in [0.15, 0.2) is 23.0 Å². The number of aromatic hydroxyl groups is 1. The summed E-state index contributed by atoms with van der Waals surface area (Å²) in [5.74, 6) is -3.00. The summed E-state index contributed by atoms with van der Waals surface area (Å²) in [5.41, 5.74) is 3.82. The van der Waals surface area contributed by atoms with Crippen molar-refractivity contribution in [3.8, 4) is 17.6 Å². The molecule has 7 atom stereocenters. The van der Waals surface area contributed by atoms with E-state index in [0.717, 1.165) is 6.42 Å². The number of phenols is 1. The highest BCUT2D eigenvalue weighted by molar-refractivity contribution is 6.25. The number of Topliss-reactive ketones (excluding diaryl/α,β-unsaturated/α-hetero) is 3. The Morgan fingerprint density at radius 2 is 1.91 bits per heavy atom. The van der Waals surface area contributed by atoms with Gasteiger partial charge in [-0.25, -0.2) is 0 Å². The Morgan fingerprint density at radius 3 is 2.51 bits per heavy atom. The van der Waals surface area contributed by atoms with Gasteiger partial charge in [-0.05, 0) is 57.0 Å². The third-order valence-electron chi connectivity index (χ3n) is 7.77. The Bertz CT molecular complexity index is 1180. The predicted octanol–water partition coefficient (Wildman–Crippen LogP) is -0.190. The molecule has 2 fully saturated rings. The Morgan fingerprint density at radius 1 is 1.23 bits per heavy atom. The molecular weight excluding hydrogens is 452 g/mol. The number of aliphatic hydroxyl groups is 2. The smallest absolute Gasteiger partial charge is 0.230 e. The highest BCUT2D eigenvalue weighted by atomic mass is 16.3. The molecule has 0 bridgehead atoms. The van der Waals surface area contributed by atoms with E-state index in [1.807, 2.05) is 6.92 Å². The molecule has 3 aliphatic rings. The van der Waals surface area contributed by atoms with Crippen LogP contribution < -0.4 is 5.73 Å². The van der Waals surface area contributed by atoms with Crippen LogP contribution in [0.3, 0.4) is 0 Å². The van der Waals surface area contributed by atoms with E-state index in [9.17, 15) is 34.5 Å². The summed E-state index contributed by atoms with van der Waals surface area (Å²) in [6.07, 6.45) is 0.315. The third kappa shape index (κ3) is 3.59. The van der Waals surface area contributed by atoms with Gasteiger partial charge in [0, 0.05) is 23.9 Å². The van der Waals surface area contributed by atoms with E-state index in [2.05, 4.69) is 11.8 Å². The molecule has 3 aliphatic carbocycles. The molecule has 4 rings (SSSR count). The normalized spacial score (nSPS) is 33.9. The molecule has 5 N–H and O–H groups in total. The summed E-state index contributed by atoms with van der Waals surface area (Å²) < 4.78 is 0. The van der Waals surface area contributed by atoms with E-state index in [4.69, 9.17) is 5.73 Å². The van der Waals surface area contributed by atoms with Gasteiger partial charge in [-0.1, -0.05) is 18.8 Å². The van der Waals surface area contributed by atoms with E-state index in [1.165, 1.54) is 6.07 Å². The zero-order valence-electron chi connectivity index (χ0n) is 19.9. The van der Waals surface area contributed by atoms with Gasteiger partial charge in [-0.15, -0.1) is 0 Å². The lowest BCUT2D eigenvalue weighted by atomic mass is 9.52. The second kappa shape index (κ2) is 8.86. The largest absolute Gasteiger partial charge is 0.507 e. The number of primary amides is 1. The fourth-order valence-electron chi connectivity index (χ4n) is 6.22. The van der Waals surface area contributed by atoms with Crippen molar-refractivity contribution in [1.29, 1.82) is 0 Å². The number of phenolic OH excluding ortho intramolecular Hbond substituents is 1. The lowest BCUT2D eigenvalue weighted by Crippen LogP contribution is -2.75. The van der Waals surface area contributed by atoms with Crippen molar-refractivity contribution in [3.05, 3.63) is 28.8 Å². The van der Waals surface area contributed by atoms with Crippen LogP contribution in [0.1, 0.15) is 47.7 Å². The van der Waals surface area contributed by atoms with Crippen LogP contribution in [-0.2, 0) is 20.8 Å². The maximum Gasteiger partial charge on any atom is 0.230 e. The number of likely N-dealkylation sites (N-methyl/N-ethyl adjacent to an activating group) is 1. The van der Waals surface area contributed by atoms with Gasteiger partial charge < -0.3 is 26.0 Å². The fourth-order valence-corrected chi connectivity index (χ4v) is 6.22. The van der Waals surface area contributed by atoms with Crippen molar-refractivity contribution in [2.45, 2.75) is 50.4 Å². The minimum atomic E-state index is -2.66. The topological polar surface area (TPSA) is 158 Å². The Labute approximate surface area is 203 Å².